The van der Waals surface area contributed by atoms with E-state index in [2.05, 4.69) is 12.2 Å². The second-order valence-corrected chi connectivity index (χ2v) is 5.38. The normalized spacial score (nSPS) is 24.6. The van der Waals surface area contributed by atoms with E-state index >= 15 is 0 Å². The van der Waals surface area contributed by atoms with E-state index in [9.17, 15) is 9.59 Å². The van der Waals surface area contributed by atoms with Gasteiger partial charge in [-0.05, 0) is 31.6 Å². The van der Waals surface area contributed by atoms with Crippen LogP contribution in [0.2, 0.25) is 0 Å². The third-order valence-electron chi connectivity index (χ3n) is 3.87. The lowest BCUT2D eigenvalue weighted by atomic mass is 9.87. The lowest BCUT2D eigenvalue weighted by Gasteiger charge is -2.34. The van der Waals surface area contributed by atoms with E-state index in [-0.39, 0.29) is 25.1 Å². The maximum absolute atomic E-state index is 12.0. The monoisotopic (exact) mass is 272 g/mol. The zero-order valence-corrected chi connectivity index (χ0v) is 11.6. The predicted octanol–water partition coefficient (Wildman–Crippen LogP) is 1.04. The first kappa shape index (κ1) is 15.8. The van der Waals surface area contributed by atoms with Crippen LogP contribution in [-0.2, 0) is 4.79 Å². The summed E-state index contributed by atoms with van der Waals surface area (Å²) in [5.41, 5.74) is 0. The van der Waals surface area contributed by atoms with Crippen molar-refractivity contribution in [1.82, 2.24) is 10.2 Å². The fourth-order valence-corrected chi connectivity index (χ4v) is 2.43. The van der Waals surface area contributed by atoms with Gasteiger partial charge in [-0.25, -0.2) is 9.59 Å². The van der Waals surface area contributed by atoms with Crippen molar-refractivity contribution in [3.8, 4) is 0 Å². The van der Waals surface area contributed by atoms with Gasteiger partial charge in [-0.15, -0.1) is 0 Å². The molecule has 1 saturated carbocycles. The summed E-state index contributed by atoms with van der Waals surface area (Å²) in [4.78, 5) is 24.5. The van der Waals surface area contributed by atoms with Crippen molar-refractivity contribution < 1.29 is 19.8 Å². The van der Waals surface area contributed by atoms with Gasteiger partial charge in [0.2, 0.25) is 0 Å². The van der Waals surface area contributed by atoms with Crippen molar-refractivity contribution in [3.63, 3.8) is 0 Å². The number of aliphatic hydroxyl groups is 1. The number of nitrogens with one attached hydrogen (secondary N) is 1. The van der Waals surface area contributed by atoms with Crippen molar-refractivity contribution in [3.05, 3.63) is 0 Å². The highest BCUT2D eigenvalue weighted by Crippen LogP contribution is 2.26. The van der Waals surface area contributed by atoms with Gasteiger partial charge >= 0.3 is 12.0 Å². The third-order valence-corrected chi connectivity index (χ3v) is 3.87. The molecule has 0 radical (unpaired) electrons. The summed E-state index contributed by atoms with van der Waals surface area (Å²) in [6, 6.07) is -1.22. The number of rotatable bonds is 5. The van der Waals surface area contributed by atoms with E-state index < -0.39 is 12.0 Å². The Morgan fingerprint density at radius 2 is 1.89 bits per heavy atom. The average molecular weight is 272 g/mol. The molecule has 110 valence electrons. The van der Waals surface area contributed by atoms with Crippen LogP contribution < -0.4 is 5.32 Å². The molecule has 1 atom stereocenters. The van der Waals surface area contributed by atoms with Gasteiger partial charge < -0.3 is 20.4 Å². The molecule has 6 heteroatoms. The van der Waals surface area contributed by atoms with Crippen molar-refractivity contribution in [2.75, 3.05) is 13.7 Å². The molecule has 1 fully saturated rings. The first-order chi connectivity index (χ1) is 8.95. The maximum Gasteiger partial charge on any atom is 0.326 e. The Bertz CT molecular complexity index is 314. The average Bonchev–Trinajstić information content (AvgIpc) is 2.38. The summed E-state index contributed by atoms with van der Waals surface area (Å²) in [5.74, 6) is -0.415. The molecular formula is C13H24N2O4. The van der Waals surface area contributed by atoms with E-state index in [4.69, 9.17) is 10.2 Å². The van der Waals surface area contributed by atoms with Gasteiger partial charge in [0.25, 0.3) is 0 Å². The van der Waals surface area contributed by atoms with Gasteiger partial charge in [-0.1, -0.05) is 6.92 Å². The van der Waals surface area contributed by atoms with Gasteiger partial charge in [-0.3, -0.25) is 0 Å². The number of carboxylic acids is 1. The Morgan fingerprint density at radius 1 is 1.32 bits per heavy atom. The minimum absolute atomic E-state index is 0.0244. The molecule has 1 aliphatic carbocycles. The van der Waals surface area contributed by atoms with Crippen LogP contribution in [-0.4, -0.2) is 52.9 Å². The maximum atomic E-state index is 12.0. The van der Waals surface area contributed by atoms with Crippen LogP contribution in [0.1, 0.15) is 39.0 Å². The Morgan fingerprint density at radius 3 is 2.37 bits per heavy atom. The van der Waals surface area contributed by atoms with Crippen molar-refractivity contribution in [2.24, 2.45) is 5.92 Å². The van der Waals surface area contributed by atoms with Crippen molar-refractivity contribution in [1.29, 1.82) is 0 Å². The highest BCUT2D eigenvalue weighted by molar-refractivity contribution is 5.82. The SMILES string of the molecule is CC1CCC(N(C)C(=O)N[C@@H](CCO)C(=O)O)CC1. The Hall–Kier alpha value is -1.30. The van der Waals surface area contributed by atoms with Crippen LogP contribution in [0.3, 0.4) is 0 Å². The second kappa shape index (κ2) is 7.33. The number of urea groups is 1. The molecular weight excluding hydrogens is 248 g/mol. The number of hydrogen-bond donors (Lipinski definition) is 3. The van der Waals surface area contributed by atoms with Crippen LogP contribution in [0.4, 0.5) is 4.79 Å². The number of aliphatic hydroxyl groups excluding tert-OH is 1. The van der Waals surface area contributed by atoms with Crippen LogP contribution in [0, 0.1) is 5.92 Å². The Kier molecular flexibility index (Phi) is 6.08. The summed E-state index contributed by atoms with van der Waals surface area (Å²) in [5, 5.41) is 20.2. The van der Waals surface area contributed by atoms with Crippen LogP contribution >= 0.6 is 0 Å². The van der Waals surface area contributed by atoms with Crippen molar-refractivity contribution >= 4 is 12.0 Å². The van der Waals surface area contributed by atoms with Gasteiger partial charge in [0, 0.05) is 26.1 Å². The topological polar surface area (TPSA) is 89.9 Å². The molecule has 0 bridgehead atoms. The summed E-state index contributed by atoms with van der Waals surface area (Å²) >= 11 is 0. The van der Waals surface area contributed by atoms with Gasteiger partial charge in [0.1, 0.15) is 6.04 Å². The summed E-state index contributed by atoms with van der Waals surface area (Å²) < 4.78 is 0. The van der Waals surface area contributed by atoms with E-state index in [1.165, 1.54) is 0 Å². The molecule has 0 aromatic rings. The smallest absolute Gasteiger partial charge is 0.326 e. The van der Waals surface area contributed by atoms with E-state index in [1.807, 2.05) is 0 Å². The van der Waals surface area contributed by atoms with Gasteiger partial charge in [0.05, 0.1) is 0 Å². The van der Waals surface area contributed by atoms with Crippen LogP contribution in [0.25, 0.3) is 0 Å². The highest BCUT2D eigenvalue weighted by atomic mass is 16.4. The van der Waals surface area contributed by atoms with E-state index in [0.29, 0.717) is 5.92 Å². The molecule has 0 heterocycles. The standard InChI is InChI=1S/C13H24N2O4/c1-9-3-5-10(6-4-9)15(2)13(19)14-11(7-8-16)12(17)18/h9-11,16H,3-8H2,1-2H3,(H,14,19)(H,17,18)/t9?,10?,11-/m0/s1. The molecule has 2 amide bonds. The van der Waals surface area contributed by atoms with Crippen LogP contribution in [0.5, 0.6) is 0 Å². The number of carbonyl (C=O) groups is 2. The quantitative estimate of drug-likeness (QED) is 0.697. The highest BCUT2D eigenvalue weighted by Gasteiger charge is 2.27. The second-order valence-electron chi connectivity index (χ2n) is 5.38. The molecule has 0 unspecified atom stereocenters. The number of carbonyl (C=O) groups excluding carboxylic acids is 1. The zero-order chi connectivity index (χ0) is 14.4. The summed E-state index contributed by atoms with van der Waals surface area (Å²) in [6.45, 7) is 1.94. The predicted molar refractivity (Wildman–Crippen MR) is 70.8 cm³/mol. The first-order valence-electron chi connectivity index (χ1n) is 6.82. The van der Waals surface area contributed by atoms with Gasteiger partial charge in [0.15, 0.2) is 0 Å². The Labute approximate surface area is 113 Å². The Balaban J connectivity index is 2.49. The minimum Gasteiger partial charge on any atom is -0.480 e. The number of hydrogen-bond acceptors (Lipinski definition) is 3. The number of nitrogens with zero attached hydrogens (tertiary/aromatic N) is 1. The number of amides is 2. The lowest BCUT2D eigenvalue weighted by Crippen LogP contribution is -2.50. The molecule has 0 aromatic carbocycles. The van der Waals surface area contributed by atoms with Crippen LogP contribution in [0.15, 0.2) is 0 Å². The fraction of sp³-hybridized carbons (Fsp3) is 0.846. The lowest BCUT2D eigenvalue weighted by molar-refractivity contribution is -0.139. The number of aliphatic carboxylic acids is 1. The fourth-order valence-electron chi connectivity index (χ4n) is 2.43. The molecule has 1 aliphatic rings. The largest absolute Gasteiger partial charge is 0.480 e. The molecule has 1 rings (SSSR count). The molecule has 6 nitrogen and oxygen atoms in total. The molecule has 3 N–H and O–H groups in total. The minimum atomic E-state index is -1.12. The van der Waals surface area contributed by atoms with Crippen molar-refractivity contribution in [2.45, 2.75) is 51.1 Å². The summed E-state index contributed by atoms with van der Waals surface area (Å²) in [6.07, 6.45) is 4.14. The molecule has 0 aromatic heterocycles. The molecule has 0 spiro atoms. The molecule has 0 saturated heterocycles. The summed E-state index contributed by atoms with van der Waals surface area (Å²) in [7, 11) is 1.70. The van der Waals surface area contributed by atoms with Gasteiger partial charge in [-0.2, -0.15) is 0 Å². The molecule has 19 heavy (non-hydrogen) atoms. The zero-order valence-electron chi connectivity index (χ0n) is 11.6. The molecule has 0 aliphatic heterocycles. The first-order valence-corrected chi connectivity index (χ1v) is 6.82. The van der Waals surface area contributed by atoms with E-state index in [0.717, 1.165) is 25.7 Å². The third kappa shape index (κ3) is 4.70. The number of carboxylic acid groups (broad SMARTS) is 1. The van der Waals surface area contributed by atoms with E-state index in [1.54, 1.807) is 11.9 Å².